The van der Waals surface area contributed by atoms with Crippen molar-refractivity contribution in [2.24, 2.45) is 5.16 Å². The largest absolute Gasteiger partial charge is 0.511 e. The second-order valence-electron chi connectivity index (χ2n) is 8.58. The molecule has 0 radical (unpaired) electrons. The minimum absolute atomic E-state index is 0.0796. The van der Waals surface area contributed by atoms with Gasteiger partial charge in [-0.05, 0) is 19.4 Å². The number of carbonyl (C=O) groups is 6. The predicted octanol–water partition coefficient (Wildman–Crippen LogP) is 0.974. The zero-order chi connectivity index (χ0) is 29.4. The molecule has 17 heteroatoms. The number of nitrogens with zero attached hydrogens (tertiary/aromatic N) is 3. The molecule has 2 N–H and O–H groups in total. The Hall–Kier alpha value is -3.34. The van der Waals surface area contributed by atoms with Crippen molar-refractivity contribution in [2.75, 3.05) is 31.8 Å². The van der Waals surface area contributed by atoms with Crippen molar-refractivity contribution in [1.82, 2.24) is 15.1 Å². The molecule has 0 aromatic carbocycles. The Labute approximate surface area is 236 Å². The van der Waals surface area contributed by atoms with E-state index in [1.807, 2.05) is 0 Å². The van der Waals surface area contributed by atoms with Gasteiger partial charge in [0.2, 0.25) is 17.8 Å². The van der Waals surface area contributed by atoms with E-state index >= 15 is 0 Å². The summed E-state index contributed by atoms with van der Waals surface area (Å²) in [6.07, 6.45) is -3.43. The van der Waals surface area contributed by atoms with Gasteiger partial charge < -0.3 is 34.4 Å². The first-order chi connectivity index (χ1) is 18.3. The van der Waals surface area contributed by atoms with Crippen molar-refractivity contribution in [3.63, 3.8) is 0 Å². The Bertz CT molecular complexity index is 1080. The Morgan fingerprint density at radius 2 is 1.85 bits per heavy atom. The third-order valence-corrected chi connectivity index (χ3v) is 6.94. The number of amides is 3. The molecule has 216 valence electrons. The van der Waals surface area contributed by atoms with Crippen LogP contribution in [0.2, 0.25) is 0 Å². The molecule has 0 bridgehead atoms. The van der Waals surface area contributed by atoms with Gasteiger partial charge in [-0.2, -0.15) is 0 Å². The van der Waals surface area contributed by atoms with Crippen LogP contribution >= 0.6 is 27.7 Å². The van der Waals surface area contributed by atoms with E-state index in [1.165, 1.54) is 37.7 Å². The molecule has 0 saturated carbocycles. The number of hydrogen-bond donors (Lipinski definition) is 2. The summed E-state index contributed by atoms with van der Waals surface area (Å²) >= 11 is 4.07. The van der Waals surface area contributed by atoms with Crippen LogP contribution in [-0.2, 0) is 38.1 Å². The second kappa shape index (κ2) is 14.2. The summed E-state index contributed by atoms with van der Waals surface area (Å²) < 4.78 is 20.1. The van der Waals surface area contributed by atoms with Crippen LogP contribution in [-0.4, -0.2) is 112 Å². The number of carbonyl (C=O) groups excluding carboxylic acids is 6. The Morgan fingerprint density at radius 3 is 2.41 bits per heavy atom. The molecule has 0 aliphatic carbocycles. The lowest BCUT2D eigenvalue weighted by molar-refractivity contribution is -0.169. The van der Waals surface area contributed by atoms with E-state index in [-0.39, 0.29) is 29.8 Å². The van der Waals surface area contributed by atoms with Gasteiger partial charge in [0, 0.05) is 33.2 Å². The highest BCUT2D eigenvalue weighted by molar-refractivity contribution is 9.09. The molecule has 0 aromatic rings. The zero-order valence-electron chi connectivity index (χ0n) is 21.8. The van der Waals surface area contributed by atoms with Gasteiger partial charge in [-0.1, -0.05) is 21.1 Å². The number of oxime groups is 1. The fraction of sp³-hybridized carbons (Fsp3) is 0.591. The van der Waals surface area contributed by atoms with E-state index in [4.69, 9.17) is 24.2 Å². The maximum absolute atomic E-state index is 13.2. The lowest BCUT2D eigenvalue weighted by Crippen LogP contribution is -2.71. The number of Topliss-reactive ketones (excluding diaryl/α,β-unsaturated/α-hetero) is 1. The minimum atomic E-state index is -1.37. The Balaban J connectivity index is 2.24. The summed E-state index contributed by atoms with van der Waals surface area (Å²) in [6, 6.07) is -1.15. The van der Waals surface area contributed by atoms with Gasteiger partial charge in [-0.25, -0.2) is 14.4 Å². The number of β-lactam (4-membered cyclic amide) rings is 1. The van der Waals surface area contributed by atoms with Gasteiger partial charge in [0.1, 0.15) is 17.1 Å². The molecule has 15 nitrogen and oxygen atoms in total. The Morgan fingerprint density at radius 1 is 1.18 bits per heavy atom. The minimum Gasteiger partial charge on any atom is -0.449 e. The predicted molar refractivity (Wildman–Crippen MR) is 138 cm³/mol. The van der Waals surface area contributed by atoms with Gasteiger partial charge in [-0.15, -0.1) is 11.8 Å². The smallest absolute Gasteiger partial charge is 0.449 e. The molecule has 2 heterocycles. The number of esters is 1. The number of thioether (sulfide) groups is 1. The van der Waals surface area contributed by atoms with Crippen molar-refractivity contribution in [3.05, 3.63) is 11.3 Å². The SMILES string of the molecule is CC(C)OC(=O)OC(C)OC(=O)C1=C(CCOC(=O)N(C)C)CS[C@H]2C(NC(=O)C(=NO)C(=O)CBr)C(=O)N12. The molecule has 0 aromatic heterocycles. The average molecular weight is 637 g/mol. The summed E-state index contributed by atoms with van der Waals surface area (Å²) in [7, 11) is 3.01. The van der Waals surface area contributed by atoms with Crippen molar-refractivity contribution < 1.29 is 52.9 Å². The highest BCUT2D eigenvalue weighted by Gasteiger charge is 2.55. The lowest BCUT2D eigenvalue weighted by atomic mass is 10.0. The fourth-order valence-corrected chi connectivity index (χ4v) is 4.99. The van der Waals surface area contributed by atoms with E-state index in [9.17, 15) is 28.8 Å². The summed E-state index contributed by atoms with van der Waals surface area (Å²) in [6.45, 7) is 4.39. The standard InChI is InChI=1S/C22H29BrN4O11S/c1-10(2)36-22(33)38-11(3)37-20(31)16-12(6-7-35-21(32)26(4)5)9-39-19-15(18(30)27(16)19)24-17(29)14(25-34)13(28)8-23/h10-11,15,19,34H,6-9H2,1-5H3,(H,24,29)/t11?,15?,19-/m0/s1. The summed E-state index contributed by atoms with van der Waals surface area (Å²) in [5, 5.41) is 13.0. The molecule has 3 atom stereocenters. The van der Waals surface area contributed by atoms with Crippen LogP contribution < -0.4 is 5.32 Å². The second-order valence-corrected chi connectivity index (χ2v) is 10.3. The van der Waals surface area contributed by atoms with Crippen LogP contribution in [0, 0.1) is 0 Å². The molecule has 0 spiro atoms. The molecule has 1 saturated heterocycles. The topological polar surface area (TPSA) is 190 Å². The first kappa shape index (κ1) is 31.9. The van der Waals surface area contributed by atoms with Gasteiger partial charge in [-0.3, -0.25) is 19.3 Å². The van der Waals surface area contributed by atoms with E-state index in [0.29, 0.717) is 5.57 Å². The molecule has 2 unspecified atom stereocenters. The van der Waals surface area contributed by atoms with Crippen LogP contribution in [0.4, 0.5) is 9.59 Å². The zero-order valence-corrected chi connectivity index (χ0v) is 24.2. The molecular formula is C22H29BrN4O11S. The normalized spacial score (nSPS) is 19.4. The van der Waals surface area contributed by atoms with Crippen molar-refractivity contribution in [2.45, 2.75) is 51.0 Å². The first-order valence-electron chi connectivity index (χ1n) is 11.5. The van der Waals surface area contributed by atoms with Crippen LogP contribution in [0.5, 0.6) is 0 Å². The van der Waals surface area contributed by atoms with Gasteiger partial charge in [0.05, 0.1) is 18.0 Å². The number of alkyl halides is 1. The highest BCUT2D eigenvalue weighted by Crippen LogP contribution is 2.41. The maximum Gasteiger partial charge on any atom is 0.511 e. The molecule has 2 rings (SSSR count). The van der Waals surface area contributed by atoms with Crippen molar-refractivity contribution in [3.8, 4) is 0 Å². The fourth-order valence-electron chi connectivity index (χ4n) is 3.34. The quantitative estimate of drug-likeness (QED) is 0.0376. The van der Waals surface area contributed by atoms with Gasteiger partial charge in [0.25, 0.3) is 11.8 Å². The number of rotatable bonds is 11. The monoisotopic (exact) mass is 636 g/mol. The van der Waals surface area contributed by atoms with Crippen molar-refractivity contribution in [1.29, 1.82) is 0 Å². The lowest BCUT2D eigenvalue weighted by Gasteiger charge is -2.49. The van der Waals surface area contributed by atoms with Crippen molar-refractivity contribution >= 4 is 69.2 Å². The molecule has 1 fully saturated rings. The number of ether oxygens (including phenoxy) is 4. The molecule has 3 amide bonds. The van der Waals surface area contributed by atoms with E-state index < -0.39 is 65.3 Å². The van der Waals surface area contributed by atoms with Crippen LogP contribution in [0.25, 0.3) is 0 Å². The molecule has 2 aliphatic rings. The molecule has 39 heavy (non-hydrogen) atoms. The van der Waals surface area contributed by atoms with E-state index in [2.05, 4.69) is 26.4 Å². The average Bonchev–Trinajstić information content (AvgIpc) is 2.85. The number of hydrogen-bond acceptors (Lipinski definition) is 13. The molecule has 2 aliphatic heterocycles. The summed E-state index contributed by atoms with van der Waals surface area (Å²) in [5.41, 5.74) is -0.540. The first-order valence-corrected chi connectivity index (χ1v) is 13.7. The number of fused-ring (bicyclic) bond motifs is 1. The van der Waals surface area contributed by atoms with E-state index in [0.717, 1.165) is 4.90 Å². The number of nitrogens with one attached hydrogen (secondary N) is 1. The number of ketones is 1. The van der Waals surface area contributed by atoms with Crippen LogP contribution in [0.1, 0.15) is 27.2 Å². The highest BCUT2D eigenvalue weighted by atomic mass is 79.9. The van der Waals surface area contributed by atoms with E-state index in [1.54, 1.807) is 13.8 Å². The summed E-state index contributed by atoms with van der Waals surface area (Å²) in [5.74, 6) is -3.38. The Kier molecular flexibility index (Phi) is 11.6. The summed E-state index contributed by atoms with van der Waals surface area (Å²) in [4.78, 5) is 76.3. The van der Waals surface area contributed by atoms with Gasteiger partial charge >= 0.3 is 18.2 Å². The third-order valence-electron chi connectivity index (χ3n) is 5.09. The van der Waals surface area contributed by atoms with Crippen LogP contribution in [0.3, 0.4) is 0 Å². The third kappa shape index (κ3) is 8.08. The maximum atomic E-state index is 13.2. The van der Waals surface area contributed by atoms with Crippen LogP contribution in [0.15, 0.2) is 16.4 Å². The van der Waals surface area contributed by atoms with Gasteiger partial charge in [0.15, 0.2) is 0 Å². The molecular weight excluding hydrogens is 608 g/mol. The number of halogens is 1.